The first-order chi connectivity index (χ1) is 7.36. The van der Waals surface area contributed by atoms with Crippen LogP contribution in [0.25, 0.3) is 0 Å². The van der Waals surface area contributed by atoms with E-state index in [0.29, 0.717) is 6.42 Å². The van der Waals surface area contributed by atoms with Gasteiger partial charge in [-0.3, -0.25) is 0 Å². The first kappa shape index (κ1) is 10.5. The van der Waals surface area contributed by atoms with Crippen LogP contribution in [0.3, 0.4) is 0 Å². The molecule has 1 aliphatic heterocycles. The quantitative estimate of drug-likeness (QED) is 0.767. The van der Waals surface area contributed by atoms with Crippen molar-refractivity contribution in [2.45, 2.75) is 18.9 Å². The highest BCUT2D eigenvalue weighted by Gasteiger charge is 2.24. The summed E-state index contributed by atoms with van der Waals surface area (Å²) < 4.78 is 0. The summed E-state index contributed by atoms with van der Waals surface area (Å²) in [7, 11) is 0. The van der Waals surface area contributed by atoms with Gasteiger partial charge < -0.3 is 15.1 Å². The highest BCUT2D eigenvalue weighted by atomic mass is 16.3. The van der Waals surface area contributed by atoms with Crippen LogP contribution in [-0.2, 0) is 6.42 Å². The van der Waals surface area contributed by atoms with Crippen LogP contribution in [0, 0.1) is 0 Å². The van der Waals surface area contributed by atoms with E-state index in [1.165, 1.54) is 11.3 Å². The molecule has 1 heterocycles. The summed E-state index contributed by atoms with van der Waals surface area (Å²) in [5, 5.41) is 18.2. The van der Waals surface area contributed by atoms with Crippen molar-refractivity contribution in [1.82, 2.24) is 0 Å². The third-order valence-electron chi connectivity index (χ3n) is 3.04. The van der Waals surface area contributed by atoms with Crippen molar-refractivity contribution in [3.8, 4) is 0 Å². The number of rotatable bonds is 4. The number of nitrogens with zero attached hydrogens (tertiary/aromatic N) is 1. The summed E-state index contributed by atoms with van der Waals surface area (Å²) in [6.07, 6.45) is 1.67. The lowest BCUT2D eigenvalue weighted by atomic mass is 10.1. The molecule has 1 aromatic carbocycles. The van der Waals surface area contributed by atoms with E-state index in [4.69, 9.17) is 5.11 Å². The molecular formula is C12H17NO2. The van der Waals surface area contributed by atoms with E-state index in [1.54, 1.807) is 0 Å². The molecule has 2 N–H and O–H groups in total. The van der Waals surface area contributed by atoms with Crippen LogP contribution in [0.15, 0.2) is 24.3 Å². The number of benzene rings is 1. The van der Waals surface area contributed by atoms with E-state index in [9.17, 15) is 5.11 Å². The number of anilines is 1. The van der Waals surface area contributed by atoms with Crippen molar-refractivity contribution in [3.63, 3.8) is 0 Å². The van der Waals surface area contributed by atoms with Crippen molar-refractivity contribution >= 4 is 5.69 Å². The summed E-state index contributed by atoms with van der Waals surface area (Å²) in [4.78, 5) is 2.20. The molecule has 3 heteroatoms. The molecule has 0 aromatic heterocycles. The van der Waals surface area contributed by atoms with Gasteiger partial charge in [-0.15, -0.1) is 0 Å². The second-order valence-electron chi connectivity index (χ2n) is 3.92. The number of hydrogen-bond acceptors (Lipinski definition) is 3. The molecule has 1 atom stereocenters. The van der Waals surface area contributed by atoms with Gasteiger partial charge in [-0.05, 0) is 24.5 Å². The fraction of sp³-hybridized carbons (Fsp3) is 0.500. The lowest BCUT2D eigenvalue weighted by Gasteiger charge is -2.28. The predicted molar refractivity (Wildman–Crippen MR) is 60.1 cm³/mol. The average molecular weight is 207 g/mol. The monoisotopic (exact) mass is 207 g/mol. The van der Waals surface area contributed by atoms with E-state index in [0.717, 1.165) is 13.0 Å². The molecule has 1 aliphatic rings. The molecule has 3 nitrogen and oxygen atoms in total. The largest absolute Gasteiger partial charge is 0.396 e. The van der Waals surface area contributed by atoms with Gasteiger partial charge in [-0.2, -0.15) is 0 Å². The Morgan fingerprint density at radius 3 is 2.80 bits per heavy atom. The SMILES string of the molecule is OCCC(CO)N1CCc2ccccc21. The maximum atomic E-state index is 9.29. The van der Waals surface area contributed by atoms with Crippen molar-refractivity contribution in [1.29, 1.82) is 0 Å². The Bertz CT molecular complexity index is 327. The Hall–Kier alpha value is -1.06. The Labute approximate surface area is 90.0 Å². The molecule has 0 bridgehead atoms. The first-order valence-corrected chi connectivity index (χ1v) is 5.43. The Morgan fingerprint density at radius 2 is 2.07 bits per heavy atom. The van der Waals surface area contributed by atoms with Gasteiger partial charge in [-0.25, -0.2) is 0 Å². The average Bonchev–Trinajstić information content (AvgIpc) is 2.70. The molecule has 1 aromatic rings. The minimum absolute atomic E-state index is 0.0543. The highest BCUT2D eigenvalue weighted by Crippen LogP contribution is 2.29. The molecule has 0 saturated carbocycles. The van der Waals surface area contributed by atoms with E-state index < -0.39 is 0 Å². The van der Waals surface area contributed by atoms with Crippen molar-refractivity contribution in [2.24, 2.45) is 0 Å². The molecule has 0 aliphatic carbocycles. The van der Waals surface area contributed by atoms with Gasteiger partial charge in [0.25, 0.3) is 0 Å². The first-order valence-electron chi connectivity index (χ1n) is 5.43. The van der Waals surface area contributed by atoms with Gasteiger partial charge >= 0.3 is 0 Å². The Morgan fingerprint density at radius 1 is 1.27 bits per heavy atom. The van der Waals surface area contributed by atoms with Crippen LogP contribution < -0.4 is 4.90 Å². The number of fused-ring (bicyclic) bond motifs is 1. The number of para-hydroxylation sites is 1. The Balaban J connectivity index is 2.18. The van der Waals surface area contributed by atoms with Crippen molar-refractivity contribution in [3.05, 3.63) is 29.8 Å². The van der Waals surface area contributed by atoms with Gasteiger partial charge in [0.2, 0.25) is 0 Å². The maximum absolute atomic E-state index is 9.29. The fourth-order valence-electron chi connectivity index (χ4n) is 2.24. The predicted octanol–water partition coefficient (Wildman–Crippen LogP) is 0.792. The van der Waals surface area contributed by atoms with E-state index in [-0.39, 0.29) is 19.3 Å². The van der Waals surface area contributed by atoms with Crippen LogP contribution in [0.1, 0.15) is 12.0 Å². The molecule has 0 saturated heterocycles. The van der Waals surface area contributed by atoms with E-state index in [2.05, 4.69) is 17.0 Å². The molecule has 0 fully saturated rings. The minimum Gasteiger partial charge on any atom is -0.396 e. The van der Waals surface area contributed by atoms with Gasteiger partial charge in [-0.1, -0.05) is 18.2 Å². The standard InChI is InChI=1S/C12H17NO2/c14-8-6-11(9-15)13-7-5-10-3-1-2-4-12(10)13/h1-4,11,14-15H,5-9H2. The molecule has 0 radical (unpaired) electrons. The van der Waals surface area contributed by atoms with Crippen molar-refractivity contribution < 1.29 is 10.2 Å². The summed E-state index contributed by atoms with van der Waals surface area (Å²) in [5.74, 6) is 0. The lowest BCUT2D eigenvalue weighted by Crippen LogP contribution is -2.37. The molecule has 2 rings (SSSR count). The molecule has 0 spiro atoms. The second kappa shape index (κ2) is 4.64. The third-order valence-corrected chi connectivity index (χ3v) is 3.04. The van der Waals surface area contributed by atoms with Gasteiger partial charge in [0.15, 0.2) is 0 Å². The summed E-state index contributed by atoms with van der Waals surface area (Å²) >= 11 is 0. The van der Waals surface area contributed by atoms with Crippen LogP contribution in [0.4, 0.5) is 5.69 Å². The summed E-state index contributed by atoms with van der Waals surface area (Å²) in [6, 6.07) is 8.33. The zero-order chi connectivity index (χ0) is 10.7. The van der Waals surface area contributed by atoms with Crippen LogP contribution >= 0.6 is 0 Å². The second-order valence-corrected chi connectivity index (χ2v) is 3.92. The molecule has 1 unspecified atom stereocenters. The molecule has 15 heavy (non-hydrogen) atoms. The van der Waals surface area contributed by atoms with Gasteiger partial charge in [0.1, 0.15) is 0 Å². The molecule has 0 amide bonds. The third kappa shape index (κ3) is 1.98. The number of aliphatic hydroxyl groups is 2. The topological polar surface area (TPSA) is 43.7 Å². The van der Waals surface area contributed by atoms with Crippen molar-refractivity contribution in [2.75, 3.05) is 24.7 Å². The van der Waals surface area contributed by atoms with Crippen LogP contribution in [0.5, 0.6) is 0 Å². The summed E-state index contributed by atoms with van der Waals surface area (Å²) in [5.41, 5.74) is 2.55. The maximum Gasteiger partial charge on any atom is 0.0635 e. The number of hydrogen-bond donors (Lipinski definition) is 2. The zero-order valence-electron chi connectivity index (χ0n) is 8.76. The molecular weight excluding hydrogens is 190 g/mol. The van der Waals surface area contributed by atoms with E-state index in [1.807, 2.05) is 12.1 Å². The van der Waals surface area contributed by atoms with Crippen LogP contribution in [0.2, 0.25) is 0 Å². The lowest BCUT2D eigenvalue weighted by molar-refractivity contribution is 0.216. The number of aliphatic hydroxyl groups excluding tert-OH is 2. The fourth-order valence-corrected chi connectivity index (χ4v) is 2.24. The van der Waals surface area contributed by atoms with Gasteiger partial charge in [0, 0.05) is 18.8 Å². The minimum atomic E-state index is 0.0543. The zero-order valence-corrected chi connectivity index (χ0v) is 8.76. The Kier molecular flexibility index (Phi) is 3.23. The van der Waals surface area contributed by atoms with E-state index >= 15 is 0 Å². The normalized spacial score (nSPS) is 16.5. The summed E-state index contributed by atoms with van der Waals surface area (Å²) in [6.45, 7) is 1.18. The molecule has 82 valence electrons. The highest BCUT2D eigenvalue weighted by molar-refractivity contribution is 5.58. The van der Waals surface area contributed by atoms with Gasteiger partial charge in [0.05, 0.1) is 12.6 Å². The smallest absolute Gasteiger partial charge is 0.0635 e. The van der Waals surface area contributed by atoms with Crippen LogP contribution in [-0.4, -0.2) is 36.0 Å².